The van der Waals surface area contributed by atoms with E-state index in [1.807, 2.05) is 100 Å². The maximum Gasteiger partial charge on any atom is -0.0564 e. The molecule has 20 heavy (non-hydrogen) atoms. The van der Waals surface area contributed by atoms with Crippen molar-refractivity contribution in [2.75, 3.05) is 0 Å². The third kappa shape index (κ3) is 29.9. The first-order valence-corrected chi connectivity index (χ1v) is 7.91. The summed E-state index contributed by atoms with van der Waals surface area (Å²) in [5.41, 5.74) is 0. The van der Waals surface area contributed by atoms with Crippen LogP contribution in [0.4, 0.5) is 0 Å². The summed E-state index contributed by atoms with van der Waals surface area (Å²) in [5.74, 6) is 0. The van der Waals surface area contributed by atoms with Crippen LogP contribution in [-0.4, -0.2) is 0 Å². The van der Waals surface area contributed by atoms with Crippen molar-refractivity contribution in [3.63, 3.8) is 0 Å². The molecule has 0 unspecified atom stereocenters. The minimum Gasteiger partial charge on any atom is -0.0683 e. The van der Waals surface area contributed by atoms with Gasteiger partial charge in [-0.05, 0) is 0 Å². The van der Waals surface area contributed by atoms with Crippen molar-refractivity contribution in [2.24, 2.45) is 0 Å². The summed E-state index contributed by atoms with van der Waals surface area (Å²) in [4.78, 5) is 0. The molecule has 0 fully saturated rings. The molecule has 0 heterocycles. The minimum atomic E-state index is 1.32. The highest BCUT2D eigenvalue weighted by atomic mass is 13.7. The number of hydrogen-bond acceptors (Lipinski definition) is 0. The van der Waals surface area contributed by atoms with Gasteiger partial charge in [0.2, 0.25) is 0 Å². The van der Waals surface area contributed by atoms with Gasteiger partial charge in [0, 0.05) is 0 Å². The van der Waals surface area contributed by atoms with Crippen LogP contribution in [0.15, 0.2) is 72.8 Å². The molecule has 0 radical (unpaired) electrons. The van der Waals surface area contributed by atoms with Crippen molar-refractivity contribution in [2.45, 2.75) is 54.4 Å². The SMILES string of the molecule is CC.CC.CCCC.c1ccccc1.c1ccccc1. The van der Waals surface area contributed by atoms with Crippen LogP contribution in [0.3, 0.4) is 0 Å². The van der Waals surface area contributed by atoms with Crippen LogP contribution in [-0.2, 0) is 0 Å². The number of hydrogen-bond donors (Lipinski definition) is 0. The second kappa shape index (κ2) is 30.5. The van der Waals surface area contributed by atoms with Crippen LogP contribution in [0.5, 0.6) is 0 Å². The van der Waals surface area contributed by atoms with E-state index in [9.17, 15) is 0 Å². The molecule has 0 heteroatoms. The molecule has 0 bridgehead atoms. The molecule has 0 N–H and O–H groups in total. The van der Waals surface area contributed by atoms with E-state index in [0.29, 0.717) is 0 Å². The topological polar surface area (TPSA) is 0 Å². The highest BCUT2D eigenvalue weighted by Gasteiger charge is 1.58. The number of rotatable bonds is 1. The Morgan fingerprint density at radius 3 is 0.500 bits per heavy atom. The first-order valence-electron chi connectivity index (χ1n) is 7.91. The second-order valence-electron chi connectivity index (χ2n) is 3.31. The summed E-state index contributed by atoms with van der Waals surface area (Å²) < 4.78 is 0. The van der Waals surface area contributed by atoms with Gasteiger partial charge in [0.05, 0.1) is 0 Å². The average Bonchev–Trinajstić information content (AvgIpc) is 2.62. The van der Waals surface area contributed by atoms with Gasteiger partial charge in [0.25, 0.3) is 0 Å². The maximum absolute atomic E-state index is 2.18. The number of benzene rings is 2. The summed E-state index contributed by atoms with van der Waals surface area (Å²) in [6.45, 7) is 12.4. The summed E-state index contributed by atoms with van der Waals surface area (Å²) in [6.07, 6.45) is 2.64. The molecule has 0 aliphatic carbocycles. The molecule has 2 rings (SSSR count). The van der Waals surface area contributed by atoms with Gasteiger partial charge >= 0.3 is 0 Å². The molecule has 2 aromatic carbocycles. The smallest absolute Gasteiger partial charge is 0.0564 e. The molecule has 0 aliphatic rings. The van der Waals surface area contributed by atoms with Crippen LogP contribution in [0.1, 0.15) is 54.4 Å². The molecule has 0 amide bonds. The maximum atomic E-state index is 2.18. The summed E-state index contributed by atoms with van der Waals surface area (Å²) in [7, 11) is 0. The monoisotopic (exact) mass is 274 g/mol. The van der Waals surface area contributed by atoms with Crippen LogP contribution in [0, 0.1) is 0 Å². The fourth-order valence-electron chi connectivity index (χ4n) is 0.770. The predicted molar refractivity (Wildman–Crippen MR) is 96.2 cm³/mol. The lowest BCUT2D eigenvalue weighted by molar-refractivity contribution is 0.886. The van der Waals surface area contributed by atoms with Crippen molar-refractivity contribution in [1.29, 1.82) is 0 Å². The van der Waals surface area contributed by atoms with E-state index in [0.717, 1.165) is 0 Å². The van der Waals surface area contributed by atoms with E-state index in [2.05, 4.69) is 13.8 Å². The van der Waals surface area contributed by atoms with E-state index < -0.39 is 0 Å². The summed E-state index contributed by atoms with van der Waals surface area (Å²) >= 11 is 0. The molecule has 2 aromatic rings. The average molecular weight is 274 g/mol. The second-order valence-corrected chi connectivity index (χ2v) is 3.31. The minimum absolute atomic E-state index is 1.32. The molecular formula is C20H34. The first-order chi connectivity index (χ1) is 9.91. The lowest BCUT2D eigenvalue weighted by atomic mass is 10.4. The number of unbranched alkanes of at least 4 members (excludes halogenated alkanes) is 1. The molecule has 0 nitrogen and oxygen atoms in total. The fraction of sp³-hybridized carbons (Fsp3) is 0.400. The third-order valence-electron chi connectivity index (χ3n) is 1.83. The standard InChI is InChI=1S/2C6H6.C4H10.2C2H6/c2*1-2-4-6-5-3-1;1-3-4-2;2*1-2/h2*1-6H;3-4H2,1-2H3;2*1-2H3. The third-order valence-corrected chi connectivity index (χ3v) is 1.83. The Bertz CT molecular complexity index is 199. The molecular weight excluding hydrogens is 240 g/mol. The van der Waals surface area contributed by atoms with Gasteiger partial charge in [-0.25, -0.2) is 0 Å². The van der Waals surface area contributed by atoms with Crippen LogP contribution < -0.4 is 0 Å². The molecule has 0 saturated heterocycles. The van der Waals surface area contributed by atoms with E-state index >= 15 is 0 Å². The largest absolute Gasteiger partial charge is 0.0683 e. The quantitative estimate of drug-likeness (QED) is 0.514. The van der Waals surface area contributed by atoms with Crippen molar-refractivity contribution in [3.05, 3.63) is 72.8 Å². The van der Waals surface area contributed by atoms with Gasteiger partial charge in [0.15, 0.2) is 0 Å². The summed E-state index contributed by atoms with van der Waals surface area (Å²) in [5, 5.41) is 0. The molecule has 0 saturated carbocycles. The van der Waals surface area contributed by atoms with Gasteiger partial charge < -0.3 is 0 Å². The normalized spacial score (nSPS) is 6.90. The highest BCUT2D eigenvalue weighted by Crippen LogP contribution is 1.80. The Hall–Kier alpha value is -1.56. The van der Waals surface area contributed by atoms with Gasteiger partial charge in [-0.1, -0.05) is 127 Å². The van der Waals surface area contributed by atoms with Crippen molar-refractivity contribution in [1.82, 2.24) is 0 Å². The predicted octanol–water partition coefficient (Wildman–Crippen LogP) is 7.23. The van der Waals surface area contributed by atoms with Crippen molar-refractivity contribution >= 4 is 0 Å². The van der Waals surface area contributed by atoms with Crippen LogP contribution in [0.2, 0.25) is 0 Å². The Labute approximate surface area is 127 Å². The lowest BCUT2D eigenvalue weighted by Crippen LogP contribution is -1.47. The Morgan fingerprint density at radius 1 is 0.350 bits per heavy atom. The van der Waals surface area contributed by atoms with Gasteiger partial charge in [-0.2, -0.15) is 0 Å². The van der Waals surface area contributed by atoms with Gasteiger partial charge in [-0.15, -0.1) is 0 Å². The zero-order chi connectivity index (χ0) is 15.9. The zero-order valence-corrected chi connectivity index (χ0v) is 14.3. The van der Waals surface area contributed by atoms with Crippen LogP contribution in [0.25, 0.3) is 0 Å². The molecule has 0 aliphatic heterocycles. The van der Waals surface area contributed by atoms with E-state index in [4.69, 9.17) is 0 Å². The van der Waals surface area contributed by atoms with Crippen molar-refractivity contribution in [3.8, 4) is 0 Å². The van der Waals surface area contributed by atoms with E-state index in [1.165, 1.54) is 12.8 Å². The fourth-order valence-corrected chi connectivity index (χ4v) is 0.770. The Kier molecular flexibility index (Phi) is 35.8. The van der Waals surface area contributed by atoms with E-state index in [-0.39, 0.29) is 0 Å². The molecule has 0 atom stereocenters. The van der Waals surface area contributed by atoms with Gasteiger partial charge in [0.1, 0.15) is 0 Å². The molecule has 114 valence electrons. The molecule has 0 spiro atoms. The van der Waals surface area contributed by atoms with Crippen LogP contribution >= 0.6 is 0 Å². The van der Waals surface area contributed by atoms with E-state index in [1.54, 1.807) is 0 Å². The summed E-state index contributed by atoms with van der Waals surface area (Å²) in [6, 6.07) is 24.0. The Morgan fingerprint density at radius 2 is 0.450 bits per heavy atom. The zero-order valence-electron chi connectivity index (χ0n) is 14.3. The highest BCUT2D eigenvalue weighted by molar-refractivity contribution is 4.99. The van der Waals surface area contributed by atoms with Crippen molar-refractivity contribution < 1.29 is 0 Å². The first kappa shape index (κ1) is 23.5. The Balaban J connectivity index is -0.000000196. The lowest BCUT2D eigenvalue weighted by Gasteiger charge is -1.69. The molecule has 0 aromatic heterocycles. The van der Waals surface area contributed by atoms with Gasteiger partial charge in [-0.3, -0.25) is 0 Å².